The van der Waals surface area contributed by atoms with E-state index in [1.54, 1.807) is 11.3 Å². The van der Waals surface area contributed by atoms with Crippen LogP contribution in [0.25, 0.3) is 0 Å². The number of likely N-dealkylation sites (N-methyl/N-ethyl adjacent to an activating group) is 1. The molecule has 1 unspecified atom stereocenters. The second kappa shape index (κ2) is 6.12. The summed E-state index contributed by atoms with van der Waals surface area (Å²) in [7, 11) is 0. The minimum Gasteiger partial charge on any atom is -0.309 e. The summed E-state index contributed by atoms with van der Waals surface area (Å²) in [5.74, 6) is -0.175. The van der Waals surface area contributed by atoms with Gasteiger partial charge in [0.15, 0.2) is 0 Å². The Bertz CT molecular complexity index is 489. The molecule has 18 heavy (non-hydrogen) atoms. The van der Waals surface area contributed by atoms with Crippen LogP contribution in [0, 0.1) is 12.7 Å². The van der Waals surface area contributed by atoms with E-state index in [-0.39, 0.29) is 5.82 Å². The van der Waals surface area contributed by atoms with Gasteiger partial charge in [-0.25, -0.2) is 4.39 Å². The van der Waals surface area contributed by atoms with Crippen LogP contribution in [0.2, 0.25) is 0 Å². The van der Waals surface area contributed by atoms with E-state index >= 15 is 0 Å². The Kier molecular flexibility index (Phi) is 4.50. The summed E-state index contributed by atoms with van der Waals surface area (Å²) in [5, 5.41) is 5.63. The Labute approximate surface area is 112 Å². The summed E-state index contributed by atoms with van der Waals surface area (Å²) >= 11 is 1.78. The first-order valence-corrected chi connectivity index (χ1v) is 7.10. The zero-order valence-electron chi connectivity index (χ0n) is 10.7. The fourth-order valence-electron chi connectivity index (χ4n) is 2.10. The second-order valence-corrected chi connectivity index (χ2v) is 5.36. The van der Waals surface area contributed by atoms with Gasteiger partial charge in [0.2, 0.25) is 0 Å². The van der Waals surface area contributed by atoms with Crippen molar-refractivity contribution in [1.82, 2.24) is 5.32 Å². The van der Waals surface area contributed by atoms with Gasteiger partial charge in [0.1, 0.15) is 5.82 Å². The van der Waals surface area contributed by atoms with E-state index in [0.29, 0.717) is 6.04 Å². The average molecular weight is 263 g/mol. The molecule has 0 aliphatic rings. The number of hydrogen-bond acceptors (Lipinski definition) is 2. The largest absolute Gasteiger partial charge is 0.309 e. The van der Waals surface area contributed by atoms with Gasteiger partial charge in [-0.2, -0.15) is 0 Å². The molecule has 1 heterocycles. The normalized spacial score (nSPS) is 12.6. The SMILES string of the molecule is CCNC(Cc1ccc(F)cc1)c1sccc1C. The van der Waals surface area contributed by atoms with Crippen molar-refractivity contribution in [2.45, 2.75) is 26.3 Å². The molecule has 0 fully saturated rings. The van der Waals surface area contributed by atoms with Crippen molar-refractivity contribution in [3.05, 3.63) is 57.5 Å². The predicted molar refractivity (Wildman–Crippen MR) is 75.6 cm³/mol. The van der Waals surface area contributed by atoms with Crippen molar-refractivity contribution in [1.29, 1.82) is 0 Å². The van der Waals surface area contributed by atoms with E-state index in [1.807, 2.05) is 12.1 Å². The lowest BCUT2D eigenvalue weighted by Gasteiger charge is -2.17. The predicted octanol–water partition coefficient (Wildman–Crippen LogP) is 4.09. The van der Waals surface area contributed by atoms with Crippen LogP contribution in [-0.4, -0.2) is 6.54 Å². The van der Waals surface area contributed by atoms with Gasteiger partial charge in [-0.15, -0.1) is 11.3 Å². The highest BCUT2D eigenvalue weighted by molar-refractivity contribution is 7.10. The number of hydrogen-bond donors (Lipinski definition) is 1. The molecule has 1 N–H and O–H groups in total. The Morgan fingerprint density at radius 1 is 1.22 bits per heavy atom. The van der Waals surface area contributed by atoms with Gasteiger partial charge in [0, 0.05) is 10.9 Å². The second-order valence-electron chi connectivity index (χ2n) is 4.41. The fourth-order valence-corrected chi connectivity index (χ4v) is 3.11. The zero-order valence-corrected chi connectivity index (χ0v) is 11.6. The molecule has 0 bridgehead atoms. The Hall–Kier alpha value is -1.19. The maximum absolute atomic E-state index is 12.9. The molecule has 0 saturated heterocycles. The van der Waals surface area contributed by atoms with Gasteiger partial charge in [-0.3, -0.25) is 0 Å². The molecule has 0 radical (unpaired) electrons. The lowest BCUT2D eigenvalue weighted by molar-refractivity contribution is 0.555. The van der Waals surface area contributed by atoms with Crippen LogP contribution in [-0.2, 0) is 6.42 Å². The number of benzene rings is 1. The molecule has 2 rings (SSSR count). The van der Waals surface area contributed by atoms with Gasteiger partial charge in [-0.1, -0.05) is 19.1 Å². The van der Waals surface area contributed by atoms with Gasteiger partial charge in [0.05, 0.1) is 0 Å². The monoisotopic (exact) mass is 263 g/mol. The highest BCUT2D eigenvalue weighted by Gasteiger charge is 2.14. The van der Waals surface area contributed by atoms with Gasteiger partial charge < -0.3 is 5.32 Å². The first-order valence-electron chi connectivity index (χ1n) is 6.22. The van der Waals surface area contributed by atoms with E-state index in [1.165, 1.54) is 22.6 Å². The maximum Gasteiger partial charge on any atom is 0.123 e. The minimum absolute atomic E-state index is 0.175. The summed E-state index contributed by atoms with van der Waals surface area (Å²) in [4.78, 5) is 1.38. The molecule has 1 aromatic carbocycles. The number of rotatable bonds is 5. The van der Waals surface area contributed by atoms with Crippen LogP contribution < -0.4 is 5.32 Å². The van der Waals surface area contributed by atoms with Crippen LogP contribution in [0.1, 0.15) is 29.0 Å². The third kappa shape index (κ3) is 3.18. The van der Waals surface area contributed by atoms with Gasteiger partial charge in [0.25, 0.3) is 0 Å². The van der Waals surface area contributed by atoms with Crippen molar-refractivity contribution in [2.24, 2.45) is 0 Å². The summed E-state index contributed by atoms with van der Waals surface area (Å²) in [5.41, 5.74) is 2.49. The highest BCUT2D eigenvalue weighted by Crippen LogP contribution is 2.26. The maximum atomic E-state index is 12.9. The summed E-state index contributed by atoms with van der Waals surface area (Å²) in [6.07, 6.45) is 0.898. The van der Waals surface area contributed by atoms with Crippen molar-refractivity contribution in [3.63, 3.8) is 0 Å². The lowest BCUT2D eigenvalue weighted by atomic mass is 10.0. The van der Waals surface area contributed by atoms with Crippen molar-refractivity contribution in [2.75, 3.05) is 6.54 Å². The number of thiophene rings is 1. The number of nitrogens with one attached hydrogen (secondary N) is 1. The molecule has 2 aromatic rings. The van der Waals surface area contributed by atoms with E-state index in [9.17, 15) is 4.39 Å². The molecular weight excluding hydrogens is 245 g/mol. The van der Waals surface area contributed by atoms with Crippen molar-refractivity contribution in [3.8, 4) is 0 Å². The molecule has 1 atom stereocenters. The third-order valence-electron chi connectivity index (χ3n) is 3.02. The fraction of sp³-hybridized carbons (Fsp3) is 0.333. The number of halogens is 1. The molecule has 0 amide bonds. The van der Waals surface area contributed by atoms with Crippen molar-refractivity contribution >= 4 is 11.3 Å². The average Bonchev–Trinajstić information content (AvgIpc) is 2.78. The van der Waals surface area contributed by atoms with Crippen LogP contribution in [0.15, 0.2) is 35.7 Å². The molecule has 0 aliphatic carbocycles. The lowest BCUT2D eigenvalue weighted by Crippen LogP contribution is -2.22. The molecule has 1 aromatic heterocycles. The van der Waals surface area contributed by atoms with Crippen LogP contribution >= 0.6 is 11.3 Å². The van der Waals surface area contributed by atoms with Gasteiger partial charge >= 0.3 is 0 Å². The Morgan fingerprint density at radius 3 is 2.50 bits per heavy atom. The Morgan fingerprint density at radius 2 is 1.94 bits per heavy atom. The van der Waals surface area contributed by atoms with E-state index in [4.69, 9.17) is 0 Å². The van der Waals surface area contributed by atoms with E-state index in [2.05, 4.69) is 30.6 Å². The van der Waals surface area contributed by atoms with E-state index in [0.717, 1.165) is 18.5 Å². The topological polar surface area (TPSA) is 12.0 Å². The molecule has 0 saturated carbocycles. The molecule has 0 spiro atoms. The first-order chi connectivity index (χ1) is 8.70. The summed E-state index contributed by atoms with van der Waals surface area (Å²) in [6.45, 7) is 5.19. The molecule has 3 heteroatoms. The molecule has 0 aliphatic heterocycles. The molecular formula is C15H18FNS. The van der Waals surface area contributed by atoms with Crippen LogP contribution in [0.4, 0.5) is 4.39 Å². The molecule has 1 nitrogen and oxygen atoms in total. The first kappa shape index (κ1) is 13.2. The standard InChI is InChI=1S/C15H18FNS/c1-3-17-14(15-11(2)8-9-18-15)10-12-4-6-13(16)7-5-12/h4-9,14,17H,3,10H2,1-2H3. The van der Waals surface area contributed by atoms with E-state index < -0.39 is 0 Å². The highest BCUT2D eigenvalue weighted by atomic mass is 32.1. The smallest absolute Gasteiger partial charge is 0.123 e. The van der Waals surface area contributed by atoms with Crippen molar-refractivity contribution < 1.29 is 4.39 Å². The zero-order chi connectivity index (χ0) is 13.0. The minimum atomic E-state index is -0.175. The number of aryl methyl sites for hydroxylation is 1. The quantitative estimate of drug-likeness (QED) is 0.856. The van der Waals surface area contributed by atoms with Crippen LogP contribution in [0.5, 0.6) is 0 Å². The Balaban J connectivity index is 2.16. The molecule has 96 valence electrons. The van der Waals surface area contributed by atoms with Crippen LogP contribution in [0.3, 0.4) is 0 Å². The third-order valence-corrected chi connectivity index (χ3v) is 4.15. The van der Waals surface area contributed by atoms with Gasteiger partial charge in [-0.05, 0) is 54.6 Å². The summed E-state index contributed by atoms with van der Waals surface area (Å²) in [6, 6.07) is 9.25. The summed E-state index contributed by atoms with van der Waals surface area (Å²) < 4.78 is 12.9.